The SMILES string of the molecule is Cc1ccc(CC(NC(=O)N2CCC(C(=O)c3ccc(O)cc3)CC2)c2ccccn2)cc1. The van der Waals surface area contributed by atoms with Gasteiger partial charge in [0.05, 0.1) is 11.7 Å². The van der Waals surface area contributed by atoms with E-state index in [0.29, 0.717) is 37.9 Å². The summed E-state index contributed by atoms with van der Waals surface area (Å²) in [5.41, 5.74) is 3.75. The maximum Gasteiger partial charge on any atom is 0.317 e. The lowest BCUT2D eigenvalue weighted by atomic mass is 9.89. The first-order valence-electron chi connectivity index (χ1n) is 11.3. The summed E-state index contributed by atoms with van der Waals surface area (Å²) in [6.07, 6.45) is 3.64. The summed E-state index contributed by atoms with van der Waals surface area (Å²) in [4.78, 5) is 32.1. The van der Waals surface area contributed by atoms with E-state index in [1.54, 1.807) is 23.2 Å². The molecule has 6 nitrogen and oxygen atoms in total. The summed E-state index contributed by atoms with van der Waals surface area (Å²) >= 11 is 0. The van der Waals surface area contributed by atoms with Crippen molar-refractivity contribution >= 4 is 11.8 Å². The van der Waals surface area contributed by atoms with Crippen LogP contribution in [-0.2, 0) is 6.42 Å². The zero-order valence-electron chi connectivity index (χ0n) is 18.8. The molecule has 6 heteroatoms. The van der Waals surface area contributed by atoms with Gasteiger partial charge in [-0.15, -0.1) is 0 Å². The van der Waals surface area contributed by atoms with Crippen molar-refractivity contribution in [2.24, 2.45) is 5.92 Å². The van der Waals surface area contributed by atoms with Crippen LogP contribution in [0.2, 0.25) is 0 Å². The predicted molar refractivity (Wildman–Crippen MR) is 127 cm³/mol. The number of benzene rings is 2. The quantitative estimate of drug-likeness (QED) is 0.542. The fourth-order valence-electron chi connectivity index (χ4n) is 4.22. The minimum absolute atomic E-state index is 0.0702. The number of urea groups is 1. The average Bonchev–Trinajstić information content (AvgIpc) is 2.85. The molecule has 1 fully saturated rings. The van der Waals surface area contributed by atoms with Crippen molar-refractivity contribution < 1.29 is 14.7 Å². The molecule has 1 atom stereocenters. The lowest BCUT2D eigenvalue weighted by Crippen LogP contribution is -2.46. The number of pyridine rings is 1. The Morgan fingerprint density at radius 2 is 1.73 bits per heavy atom. The molecule has 1 aliphatic rings. The zero-order valence-corrected chi connectivity index (χ0v) is 18.8. The minimum atomic E-state index is -0.238. The van der Waals surface area contributed by atoms with Crippen molar-refractivity contribution in [3.63, 3.8) is 0 Å². The Morgan fingerprint density at radius 3 is 2.36 bits per heavy atom. The lowest BCUT2D eigenvalue weighted by Gasteiger charge is -2.32. The van der Waals surface area contributed by atoms with Crippen LogP contribution < -0.4 is 5.32 Å². The van der Waals surface area contributed by atoms with Crippen molar-refractivity contribution in [2.45, 2.75) is 32.2 Å². The Bertz CT molecular complexity index is 1070. The van der Waals surface area contributed by atoms with Gasteiger partial charge in [0.2, 0.25) is 0 Å². The van der Waals surface area contributed by atoms with Gasteiger partial charge in [-0.1, -0.05) is 35.9 Å². The normalized spacial score (nSPS) is 15.1. The summed E-state index contributed by atoms with van der Waals surface area (Å²) in [6.45, 7) is 3.11. The molecule has 1 saturated heterocycles. The fraction of sp³-hybridized carbons (Fsp3) is 0.296. The Morgan fingerprint density at radius 1 is 1.03 bits per heavy atom. The number of rotatable bonds is 6. The van der Waals surface area contributed by atoms with Crippen LogP contribution in [0.25, 0.3) is 0 Å². The number of Topliss-reactive ketones (excluding diaryl/α,β-unsaturated/α-hetero) is 1. The van der Waals surface area contributed by atoms with Gasteiger partial charge in [0, 0.05) is 30.8 Å². The monoisotopic (exact) mass is 443 g/mol. The number of hydrogen-bond donors (Lipinski definition) is 2. The van der Waals surface area contributed by atoms with Gasteiger partial charge in [0.15, 0.2) is 5.78 Å². The molecule has 170 valence electrons. The van der Waals surface area contributed by atoms with Crippen LogP contribution in [0.5, 0.6) is 5.75 Å². The molecule has 0 bridgehead atoms. The number of phenols is 1. The third-order valence-electron chi connectivity index (χ3n) is 6.21. The number of hydrogen-bond acceptors (Lipinski definition) is 4. The van der Waals surface area contributed by atoms with Crippen molar-refractivity contribution in [1.29, 1.82) is 0 Å². The molecule has 2 N–H and O–H groups in total. The number of aromatic hydroxyl groups is 1. The first kappa shape index (κ1) is 22.5. The summed E-state index contributed by atoms with van der Waals surface area (Å²) in [6, 6.07) is 20.0. The Balaban J connectivity index is 1.38. The van der Waals surface area contributed by atoms with E-state index in [4.69, 9.17) is 0 Å². The Kier molecular flexibility index (Phi) is 7.03. The molecule has 1 unspecified atom stereocenters. The molecule has 0 saturated carbocycles. The maximum absolute atomic E-state index is 13.1. The van der Waals surface area contributed by atoms with E-state index < -0.39 is 0 Å². The van der Waals surface area contributed by atoms with Crippen LogP contribution in [0.3, 0.4) is 0 Å². The molecule has 0 radical (unpaired) electrons. The van der Waals surface area contributed by atoms with Crippen molar-refractivity contribution in [3.8, 4) is 5.75 Å². The number of nitrogens with one attached hydrogen (secondary N) is 1. The number of amides is 2. The van der Waals surface area contributed by atoms with E-state index in [-0.39, 0.29) is 29.5 Å². The first-order valence-corrected chi connectivity index (χ1v) is 11.3. The van der Waals surface area contributed by atoms with E-state index in [0.717, 1.165) is 11.3 Å². The molecule has 2 aromatic carbocycles. The number of likely N-dealkylation sites (tertiary alicyclic amines) is 1. The molecular weight excluding hydrogens is 414 g/mol. The molecule has 2 amide bonds. The topological polar surface area (TPSA) is 82.5 Å². The van der Waals surface area contributed by atoms with Gasteiger partial charge in [0.25, 0.3) is 0 Å². The summed E-state index contributed by atoms with van der Waals surface area (Å²) in [5.74, 6) is 0.102. The minimum Gasteiger partial charge on any atom is -0.508 e. The van der Waals surface area contributed by atoms with Gasteiger partial charge in [0.1, 0.15) is 5.75 Å². The Labute approximate surface area is 194 Å². The Hall–Kier alpha value is -3.67. The molecule has 0 spiro atoms. The third-order valence-corrected chi connectivity index (χ3v) is 6.21. The van der Waals surface area contributed by atoms with Gasteiger partial charge >= 0.3 is 6.03 Å². The van der Waals surface area contributed by atoms with Gasteiger partial charge in [-0.25, -0.2) is 4.79 Å². The zero-order chi connectivity index (χ0) is 23.2. The number of ketones is 1. The van der Waals surface area contributed by atoms with Crippen LogP contribution in [0, 0.1) is 12.8 Å². The van der Waals surface area contributed by atoms with Crippen LogP contribution in [-0.4, -0.2) is 39.9 Å². The molecule has 3 aromatic rings. The smallest absolute Gasteiger partial charge is 0.317 e. The highest BCUT2D eigenvalue weighted by Gasteiger charge is 2.29. The molecular formula is C27H29N3O3. The lowest BCUT2D eigenvalue weighted by molar-refractivity contribution is 0.0853. The summed E-state index contributed by atoms with van der Waals surface area (Å²) in [7, 11) is 0. The molecule has 0 aliphatic carbocycles. The average molecular weight is 444 g/mol. The molecule has 33 heavy (non-hydrogen) atoms. The van der Waals surface area contributed by atoms with E-state index in [2.05, 4.69) is 41.5 Å². The number of carbonyl (C=O) groups is 2. The highest BCUT2D eigenvalue weighted by atomic mass is 16.3. The van der Waals surface area contributed by atoms with Crippen molar-refractivity contribution in [2.75, 3.05) is 13.1 Å². The van der Waals surface area contributed by atoms with Crippen LogP contribution in [0.15, 0.2) is 72.9 Å². The molecule has 4 rings (SSSR count). The molecule has 1 aliphatic heterocycles. The number of carbonyl (C=O) groups excluding carboxylic acids is 2. The van der Waals surface area contributed by atoms with E-state index in [1.807, 2.05) is 18.2 Å². The van der Waals surface area contributed by atoms with E-state index in [9.17, 15) is 14.7 Å². The van der Waals surface area contributed by atoms with Gasteiger partial charge < -0.3 is 15.3 Å². The standard InChI is InChI=1S/C27H29N3O3/c1-19-5-7-20(8-6-19)18-25(24-4-2-3-15-28-24)29-27(33)30-16-13-22(14-17-30)26(32)21-9-11-23(31)12-10-21/h2-12,15,22,25,31H,13-14,16-18H2,1H3,(H,29,33). The number of aryl methyl sites for hydroxylation is 1. The second-order valence-electron chi connectivity index (χ2n) is 8.62. The van der Waals surface area contributed by atoms with Gasteiger partial charge in [-0.2, -0.15) is 0 Å². The highest BCUT2D eigenvalue weighted by Crippen LogP contribution is 2.24. The second kappa shape index (κ2) is 10.3. The first-order chi connectivity index (χ1) is 16.0. The molecule has 1 aromatic heterocycles. The number of nitrogens with zero attached hydrogens (tertiary/aromatic N) is 2. The van der Waals surface area contributed by atoms with Gasteiger partial charge in [-0.3, -0.25) is 9.78 Å². The van der Waals surface area contributed by atoms with Crippen molar-refractivity contribution in [3.05, 3.63) is 95.3 Å². The summed E-state index contributed by atoms with van der Waals surface area (Å²) in [5, 5.41) is 12.6. The second-order valence-corrected chi connectivity index (χ2v) is 8.62. The maximum atomic E-state index is 13.1. The third kappa shape index (κ3) is 5.77. The van der Waals surface area contributed by atoms with Crippen LogP contribution in [0.1, 0.15) is 46.1 Å². The fourth-order valence-corrected chi connectivity index (χ4v) is 4.22. The number of piperidine rings is 1. The highest BCUT2D eigenvalue weighted by molar-refractivity contribution is 5.98. The van der Waals surface area contributed by atoms with E-state index in [1.165, 1.54) is 17.7 Å². The van der Waals surface area contributed by atoms with Gasteiger partial charge in [-0.05, 0) is 68.1 Å². The number of aromatic nitrogens is 1. The molecule has 2 heterocycles. The largest absolute Gasteiger partial charge is 0.508 e. The van der Waals surface area contributed by atoms with Crippen LogP contribution in [0.4, 0.5) is 4.79 Å². The van der Waals surface area contributed by atoms with Crippen molar-refractivity contribution in [1.82, 2.24) is 15.2 Å². The number of phenolic OH excluding ortho intramolecular Hbond substituents is 1. The predicted octanol–water partition coefficient (Wildman–Crippen LogP) is 4.68. The van der Waals surface area contributed by atoms with E-state index >= 15 is 0 Å². The summed E-state index contributed by atoms with van der Waals surface area (Å²) < 4.78 is 0. The van der Waals surface area contributed by atoms with Crippen LogP contribution >= 0.6 is 0 Å².